The summed E-state index contributed by atoms with van der Waals surface area (Å²) in [5.74, 6) is 0. The Morgan fingerprint density at radius 3 is 1.41 bits per heavy atom. The van der Waals surface area contributed by atoms with Crippen LogP contribution in [0.4, 0.5) is 0 Å². The lowest BCUT2D eigenvalue weighted by Gasteiger charge is -2.24. The maximum absolute atomic E-state index is 2.51. The quantitative estimate of drug-likeness (QED) is 0.162. The maximum atomic E-state index is 2.51. The molecule has 0 bridgehead atoms. The van der Waals surface area contributed by atoms with Gasteiger partial charge >= 0.3 is 0 Å². The molecule has 54 heavy (non-hydrogen) atoms. The van der Waals surface area contributed by atoms with E-state index in [0.29, 0.717) is 0 Å². The fourth-order valence-corrected chi connectivity index (χ4v) is 10.1. The highest BCUT2D eigenvalue weighted by Gasteiger charge is 2.41. The van der Waals surface area contributed by atoms with Crippen molar-refractivity contribution < 1.29 is 0 Å². The van der Waals surface area contributed by atoms with Gasteiger partial charge in [0.1, 0.15) is 0 Å². The molecule has 2 aliphatic carbocycles. The van der Waals surface area contributed by atoms with Crippen molar-refractivity contribution in [2.75, 3.05) is 0 Å². The molecule has 0 heteroatoms. The summed E-state index contributed by atoms with van der Waals surface area (Å²) < 4.78 is 0. The van der Waals surface area contributed by atoms with E-state index in [1.165, 1.54) is 110 Å². The van der Waals surface area contributed by atoms with Crippen LogP contribution in [0.15, 0.2) is 170 Å². The summed E-state index contributed by atoms with van der Waals surface area (Å²) in [6, 6.07) is 63.9. The second-order valence-corrected chi connectivity index (χ2v) is 16.5. The standard InChI is InChI=1S/C54H40/c1-53(2)47-23-12-11-18-39(47)45-31-50-46(32-49(45)53)40-27-26-36(30-48(40)54(50,3)4)35-16-13-17-37(29-35)51-41-19-7-9-21-43(41)52(44-22-10-8-20-42(44)51)38-25-24-33-14-5-6-15-34(33)28-38/h5-32H,1-4H3. The number of fused-ring (bicyclic) bond motifs is 9. The molecule has 0 amide bonds. The SMILES string of the molecule is CC1(C)c2ccccc2-c2cc3c(cc21)-c1ccc(-c2cccc(-c4c5ccccc5c(-c5ccc6ccccc6c5)c5ccccc45)c2)cc1C3(C)C. The molecule has 9 aromatic rings. The minimum Gasteiger partial charge on any atom is -0.0619 e. The lowest BCUT2D eigenvalue weighted by atomic mass is 9.79. The Balaban J connectivity index is 1.06. The summed E-state index contributed by atoms with van der Waals surface area (Å²) in [5.41, 5.74) is 18.7. The van der Waals surface area contributed by atoms with Crippen LogP contribution in [-0.4, -0.2) is 0 Å². The molecule has 9 aromatic carbocycles. The second-order valence-electron chi connectivity index (χ2n) is 16.5. The monoisotopic (exact) mass is 688 g/mol. The molecule has 0 heterocycles. The number of hydrogen-bond acceptors (Lipinski definition) is 0. The van der Waals surface area contributed by atoms with E-state index in [4.69, 9.17) is 0 Å². The zero-order chi connectivity index (χ0) is 36.3. The Kier molecular flexibility index (Phi) is 6.46. The third-order valence-electron chi connectivity index (χ3n) is 12.8. The van der Waals surface area contributed by atoms with E-state index in [2.05, 4.69) is 198 Å². The average Bonchev–Trinajstić information content (AvgIpc) is 3.57. The summed E-state index contributed by atoms with van der Waals surface area (Å²) >= 11 is 0. The smallest absolute Gasteiger partial charge is 0.0159 e. The van der Waals surface area contributed by atoms with Crippen LogP contribution in [0.3, 0.4) is 0 Å². The maximum Gasteiger partial charge on any atom is 0.0159 e. The summed E-state index contributed by atoms with van der Waals surface area (Å²) in [4.78, 5) is 0. The fraction of sp³-hybridized carbons (Fsp3) is 0.111. The Bertz CT molecular complexity index is 2990. The van der Waals surface area contributed by atoms with Crippen molar-refractivity contribution in [3.05, 3.63) is 192 Å². The van der Waals surface area contributed by atoms with Crippen LogP contribution in [0, 0.1) is 0 Å². The molecule has 0 N–H and O–H groups in total. The minimum absolute atomic E-state index is 0.0176. The van der Waals surface area contributed by atoms with E-state index >= 15 is 0 Å². The Morgan fingerprint density at radius 2 is 0.741 bits per heavy atom. The van der Waals surface area contributed by atoms with E-state index in [0.717, 1.165) is 0 Å². The molecule has 11 rings (SSSR count). The van der Waals surface area contributed by atoms with Gasteiger partial charge in [0.25, 0.3) is 0 Å². The van der Waals surface area contributed by atoms with Crippen LogP contribution < -0.4 is 0 Å². The molecule has 0 aliphatic heterocycles. The zero-order valence-electron chi connectivity index (χ0n) is 31.2. The molecule has 0 spiro atoms. The first kappa shape index (κ1) is 31.3. The third kappa shape index (κ3) is 4.32. The largest absolute Gasteiger partial charge is 0.0619 e. The van der Waals surface area contributed by atoms with Crippen molar-refractivity contribution in [1.82, 2.24) is 0 Å². The van der Waals surface area contributed by atoms with Gasteiger partial charge in [0.2, 0.25) is 0 Å². The van der Waals surface area contributed by atoms with E-state index in [1.54, 1.807) is 0 Å². The molecular weight excluding hydrogens is 649 g/mol. The molecule has 2 aliphatic rings. The fourth-order valence-electron chi connectivity index (χ4n) is 10.1. The highest BCUT2D eigenvalue weighted by Crippen LogP contribution is 2.56. The molecule has 0 fully saturated rings. The van der Waals surface area contributed by atoms with Gasteiger partial charge in [0.15, 0.2) is 0 Å². The molecule has 0 saturated heterocycles. The lowest BCUT2D eigenvalue weighted by Crippen LogP contribution is -2.17. The number of hydrogen-bond donors (Lipinski definition) is 0. The minimum atomic E-state index is -0.111. The Hall–Kier alpha value is -6.24. The van der Waals surface area contributed by atoms with Crippen LogP contribution in [0.5, 0.6) is 0 Å². The van der Waals surface area contributed by atoms with Gasteiger partial charge in [-0.1, -0.05) is 167 Å². The normalized spacial score (nSPS) is 14.6. The first-order valence-corrected chi connectivity index (χ1v) is 19.3. The molecule has 0 aromatic heterocycles. The summed E-state index contributed by atoms with van der Waals surface area (Å²) in [6.45, 7) is 9.58. The van der Waals surface area contributed by atoms with Crippen LogP contribution in [0.2, 0.25) is 0 Å². The summed E-state index contributed by atoms with van der Waals surface area (Å²) in [7, 11) is 0. The van der Waals surface area contributed by atoms with Gasteiger partial charge in [0.05, 0.1) is 0 Å². The van der Waals surface area contributed by atoms with Crippen molar-refractivity contribution in [3.8, 4) is 55.6 Å². The first-order chi connectivity index (χ1) is 26.3. The molecule has 0 saturated carbocycles. The summed E-state index contributed by atoms with van der Waals surface area (Å²) in [6.07, 6.45) is 0. The molecule has 0 unspecified atom stereocenters. The van der Waals surface area contributed by atoms with Crippen LogP contribution in [0.25, 0.3) is 88.0 Å². The van der Waals surface area contributed by atoms with E-state index in [1.807, 2.05) is 0 Å². The van der Waals surface area contributed by atoms with Gasteiger partial charge in [-0.25, -0.2) is 0 Å². The predicted octanol–water partition coefficient (Wildman–Crippen LogP) is 14.8. The van der Waals surface area contributed by atoms with Gasteiger partial charge < -0.3 is 0 Å². The van der Waals surface area contributed by atoms with Crippen LogP contribution >= 0.6 is 0 Å². The van der Waals surface area contributed by atoms with Gasteiger partial charge in [-0.15, -0.1) is 0 Å². The molecule has 0 nitrogen and oxygen atoms in total. The van der Waals surface area contributed by atoms with E-state index in [-0.39, 0.29) is 10.8 Å². The molecular formula is C54H40. The van der Waals surface area contributed by atoms with Crippen molar-refractivity contribution in [1.29, 1.82) is 0 Å². The Morgan fingerprint density at radius 1 is 0.278 bits per heavy atom. The highest BCUT2D eigenvalue weighted by atomic mass is 14.4. The van der Waals surface area contributed by atoms with Crippen molar-refractivity contribution in [2.24, 2.45) is 0 Å². The zero-order valence-corrected chi connectivity index (χ0v) is 31.2. The molecule has 0 atom stereocenters. The van der Waals surface area contributed by atoms with Crippen molar-refractivity contribution in [2.45, 2.75) is 38.5 Å². The van der Waals surface area contributed by atoms with Gasteiger partial charge in [0, 0.05) is 10.8 Å². The van der Waals surface area contributed by atoms with Gasteiger partial charge in [-0.3, -0.25) is 0 Å². The van der Waals surface area contributed by atoms with Gasteiger partial charge in [-0.2, -0.15) is 0 Å². The number of benzene rings is 9. The number of rotatable bonds is 3. The predicted molar refractivity (Wildman–Crippen MR) is 230 cm³/mol. The average molecular weight is 689 g/mol. The van der Waals surface area contributed by atoms with E-state index in [9.17, 15) is 0 Å². The van der Waals surface area contributed by atoms with Crippen LogP contribution in [-0.2, 0) is 10.8 Å². The van der Waals surface area contributed by atoms with E-state index < -0.39 is 0 Å². The van der Waals surface area contributed by atoms with Crippen LogP contribution in [0.1, 0.15) is 49.9 Å². The summed E-state index contributed by atoms with van der Waals surface area (Å²) in [5, 5.41) is 7.64. The first-order valence-electron chi connectivity index (χ1n) is 19.3. The highest BCUT2D eigenvalue weighted by molar-refractivity contribution is 6.21. The molecule has 0 radical (unpaired) electrons. The topological polar surface area (TPSA) is 0 Å². The third-order valence-corrected chi connectivity index (χ3v) is 12.8. The Labute approximate surface area is 317 Å². The molecule has 256 valence electrons. The van der Waals surface area contributed by atoms with Crippen molar-refractivity contribution >= 4 is 32.3 Å². The van der Waals surface area contributed by atoms with Gasteiger partial charge in [-0.05, 0) is 141 Å². The van der Waals surface area contributed by atoms with Crippen molar-refractivity contribution in [3.63, 3.8) is 0 Å². The lowest BCUT2D eigenvalue weighted by molar-refractivity contribution is 0.652. The second kappa shape index (κ2) is 11.1.